The van der Waals surface area contributed by atoms with Crippen LogP contribution in [0.3, 0.4) is 0 Å². The Hall–Kier alpha value is -2.47. The second-order valence-electron chi connectivity index (χ2n) is 7.47. The first kappa shape index (κ1) is 20.3. The van der Waals surface area contributed by atoms with Crippen LogP contribution in [0.2, 0.25) is 0 Å². The summed E-state index contributed by atoms with van der Waals surface area (Å²) in [6.07, 6.45) is 0. The van der Waals surface area contributed by atoms with Crippen LogP contribution in [0, 0.1) is 0 Å². The SMILES string of the molecule is CC(C)c1ccc(CSc2nnc(COc3ccc(C(C)C)cc3)n2N)cc1. The molecule has 2 aromatic carbocycles. The van der Waals surface area contributed by atoms with Gasteiger partial charge in [0, 0.05) is 5.75 Å². The predicted octanol–water partition coefficient (Wildman–Crippen LogP) is 5.11. The van der Waals surface area contributed by atoms with Crippen molar-refractivity contribution >= 4 is 11.8 Å². The highest BCUT2D eigenvalue weighted by Crippen LogP contribution is 2.23. The first-order chi connectivity index (χ1) is 13.4. The van der Waals surface area contributed by atoms with Gasteiger partial charge in [0.15, 0.2) is 5.82 Å². The van der Waals surface area contributed by atoms with E-state index in [0.29, 0.717) is 22.8 Å². The van der Waals surface area contributed by atoms with E-state index in [9.17, 15) is 0 Å². The molecule has 0 atom stereocenters. The molecule has 6 heteroatoms. The van der Waals surface area contributed by atoms with E-state index in [2.05, 4.69) is 74.3 Å². The summed E-state index contributed by atoms with van der Waals surface area (Å²) in [6.45, 7) is 9.02. The Morgan fingerprint density at radius 2 is 1.46 bits per heavy atom. The van der Waals surface area contributed by atoms with Crippen molar-refractivity contribution in [1.82, 2.24) is 14.9 Å². The highest BCUT2D eigenvalue weighted by Gasteiger charge is 2.11. The molecular weight excluding hydrogens is 368 g/mol. The van der Waals surface area contributed by atoms with Crippen LogP contribution >= 0.6 is 11.8 Å². The van der Waals surface area contributed by atoms with Gasteiger partial charge >= 0.3 is 0 Å². The standard InChI is InChI=1S/C22H28N4OS/c1-15(2)18-7-5-17(6-8-18)14-28-22-25-24-21(26(22)23)13-27-20-11-9-19(10-12-20)16(3)4/h5-12,15-16H,13-14,23H2,1-4H3. The van der Waals surface area contributed by atoms with Gasteiger partial charge in [-0.2, -0.15) is 0 Å². The van der Waals surface area contributed by atoms with Crippen LogP contribution in [0.1, 0.15) is 62.0 Å². The van der Waals surface area contributed by atoms with Gasteiger partial charge in [0.25, 0.3) is 0 Å². The van der Waals surface area contributed by atoms with E-state index in [1.807, 2.05) is 12.1 Å². The van der Waals surface area contributed by atoms with Crippen molar-refractivity contribution in [3.05, 3.63) is 71.0 Å². The molecule has 0 aliphatic heterocycles. The molecule has 1 heterocycles. The minimum atomic E-state index is 0.286. The Balaban J connectivity index is 1.56. The summed E-state index contributed by atoms with van der Waals surface area (Å²) in [5, 5.41) is 9.05. The summed E-state index contributed by atoms with van der Waals surface area (Å²) >= 11 is 1.57. The number of hydrogen-bond acceptors (Lipinski definition) is 5. The van der Waals surface area contributed by atoms with Crippen LogP contribution in [0.4, 0.5) is 0 Å². The van der Waals surface area contributed by atoms with E-state index in [-0.39, 0.29) is 6.61 Å². The molecule has 0 bridgehead atoms. The Morgan fingerprint density at radius 1 is 0.893 bits per heavy atom. The fraction of sp³-hybridized carbons (Fsp3) is 0.364. The Bertz CT molecular complexity index is 813. The molecule has 0 aliphatic rings. The molecule has 5 nitrogen and oxygen atoms in total. The molecule has 28 heavy (non-hydrogen) atoms. The normalized spacial score (nSPS) is 11.4. The lowest BCUT2D eigenvalue weighted by atomic mass is 10.0. The highest BCUT2D eigenvalue weighted by atomic mass is 32.2. The van der Waals surface area contributed by atoms with E-state index >= 15 is 0 Å². The summed E-state index contributed by atoms with van der Waals surface area (Å²) in [6, 6.07) is 16.8. The van der Waals surface area contributed by atoms with Gasteiger partial charge in [0.1, 0.15) is 12.4 Å². The third-order valence-corrected chi connectivity index (χ3v) is 5.68. The number of benzene rings is 2. The molecule has 0 aliphatic carbocycles. The topological polar surface area (TPSA) is 66.0 Å². The van der Waals surface area contributed by atoms with Crippen LogP contribution in [-0.4, -0.2) is 14.9 Å². The molecule has 0 radical (unpaired) electrons. The zero-order chi connectivity index (χ0) is 20.1. The second kappa shape index (κ2) is 9.15. The van der Waals surface area contributed by atoms with Gasteiger partial charge in [-0.1, -0.05) is 75.9 Å². The molecular formula is C22H28N4OS. The van der Waals surface area contributed by atoms with E-state index in [0.717, 1.165) is 11.5 Å². The van der Waals surface area contributed by atoms with Gasteiger partial charge < -0.3 is 10.6 Å². The van der Waals surface area contributed by atoms with Gasteiger partial charge in [-0.3, -0.25) is 0 Å². The van der Waals surface area contributed by atoms with E-state index in [4.69, 9.17) is 10.6 Å². The quantitative estimate of drug-likeness (QED) is 0.423. The van der Waals surface area contributed by atoms with Crippen molar-refractivity contribution in [3.63, 3.8) is 0 Å². The van der Waals surface area contributed by atoms with Crippen molar-refractivity contribution in [3.8, 4) is 5.75 Å². The monoisotopic (exact) mass is 396 g/mol. The fourth-order valence-electron chi connectivity index (χ4n) is 2.75. The first-order valence-electron chi connectivity index (χ1n) is 9.57. The third kappa shape index (κ3) is 5.07. The van der Waals surface area contributed by atoms with Gasteiger partial charge in [0.05, 0.1) is 0 Å². The minimum absolute atomic E-state index is 0.286. The average Bonchev–Trinajstić information content (AvgIpc) is 3.05. The zero-order valence-corrected chi connectivity index (χ0v) is 17.7. The van der Waals surface area contributed by atoms with Crippen molar-refractivity contribution in [2.24, 2.45) is 0 Å². The number of ether oxygens (including phenoxy) is 1. The van der Waals surface area contributed by atoms with Gasteiger partial charge in [-0.25, -0.2) is 4.68 Å². The van der Waals surface area contributed by atoms with Crippen molar-refractivity contribution < 1.29 is 4.74 Å². The van der Waals surface area contributed by atoms with Crippen LogP contribution in [0.5, 0.6) is 5.75 Å². The maximum atomic E-state index is 6.15. The number of aromatic nitrogens is 3. The summed E-state index contributed by atoms with van der Waals surface area (Å²) in [7, 11) is 0. The number of nitrogens with two attached hydrogens (primary N) is 1. The molecule has 0 saturated heterocycles. The maximum absolute atomic E-state index is 6.15. The number of hydrogen-bond donors (Lipinski definition) is 1. The summed E-state index contributed by atoms with van der Waals surface area (Å²) in [4.78, 5) is 0. The summed E-state index contributed by atoms with van der Waals surface area (Å²) in [5.74, 6) is 9.39. The van der Waals surface area contributed by atoms with Crippen LogP contribution < -0.4 is 10.6 Å². The van der Waals surface area contributed by atoms with Crippen LogP contribution in [0.15, 0.2) is 53.7 Å². The van der Waals surface area contributed by atoms with Crippen molar-refractivity contribution in [2.45, 2.75) is 57.0 Å². The maximum Gasteiger partial charge on any atom is 0.210 e. The largest absolute Gasteiger partial charge is 0.486 e. The number of nitrogen functional groups attached to an aromatic ring is 1. The van der Waals surface area contributed by atoms with Gasteiger partial charge in [-0.15, -0.1) is 10.2 Å². The summed E-state index contributed by atoms with van der Waals surface area (Å²) in [5.41, 5.74) is 3.87. The van der Waals surface area contributed by atoms with E-state index in [1.54, 1.807) is 11.8 Å². The van der Waals surface area contributed by atoms with Crippen LogP contribution in [0.25, 0.3) is 0 Å². The van der Waals surface area contributed by atoms with E-state index < -0.39 is 0 Å². The Labute approximate surface area is 171 Å². The molecule has 3 aromatic rings. The molecule has 0 spiro atoms. The lowest BCUT2D eigenvalue weighted by Crippen LogP contribution is -2.15. The lowest BCUT2D eigenvalue weighted by Gasteiger charge is -2.09. The summed E-state index contributed by atoms with van der Waals surface area (Å²) < 4.78 is 7.32. The first-order valence-corrected chi connectivity index (χ1v) is 10.6. The van der Waals surface area contributed by atoms with Crippen molar-refractivity contribution in [1.29, 1.82) is 0 Å². The number of nitrogens with zero attached hydrogens (tertiary/aromatic N) is 3. The molecule has 0 fully saturated rings. The smallest absolute Gasteiger partial charge is 0.210 e. The third-order valence-electron chi connectivity index (χ3n) is 4.66. The molecule has 3 rings (SSSR count). The zero-order valence-electron chi connectivity index (χ0n) is 16.9. The minimum Gasteiger partial charge on any atom is -0.486 e. The predicted molar refractivity (Wildman–Crippen MR) is 115 cm³/mol. The second-order valence-corrected chi connectivity index (χ2v) is 8.41. The van der Waals surface area contributed by atoms with Gasteiger partial charge in [0.2, 0.25) is 5.16 Å². The number of rotatable bonds is 8. The van der Waals surface area contributed by atoms with Gasteiger partial charge in [-0.05, 0) is 40.7 Å². The molecule has 0 unspecified atom stereocenters. The molecule has 0 amide bonds. The molecule has 0 saturated carbocycles. The lowest BCUT2D eigenvalue weighted by molar-refractivity contribution is 0.291. The Kier molecular flexibility index (Phi) is 6.62. The van der Waals surface area contributed by atoms with E-state index in [1.165, 1.54) is 21.4 Å². The van der Waals surface area contributed by atoms with Crippen molar-refractivity contribution in [2.75, 3.05) is 5.84 Å². The average molecular weight is 397 g/mol. The highest BCUT2D eigenvalue weighted by molar-refractivity contribution is 7.98. The number of thioether (sulfide) groups is 1. The Morgan fingerprint density at radius 3 is 2.04 bits per heavy atom. The van der Waals surface area contributed by atoms with Crippen LogP contribution in [-0.2, 0) is 12.4 Å². The molecule has 2 N–H and O–H groups in total. The fourth-order valence-corrected chi connectivity index (χ4v) is 3.58. The molecule has 148 valence electrons. The molecule has 1 aromatic heterocycles.